The predicted octanol–water partition coefficient (Wildman–Crippen LogP) is 19.3. The molecule has 0 fully saturated rings. The quantitative estimate of drug-likeness (QED) is 0.135. The van der Waals surface area contributed by atoms with Gasteiger partial charge in [0.2, 0.25) is 0 Å². The Labute approximate surface area is 438 Å². The Kier molecular flexibility index (Phi) is 11.0. The van der Waals surface area contributed by atoms with E-state index in [9.17, 15) is 0 Å². The standard InChI is InChI=1S/C72H51N3/c1-6-20-50(21-7-1)52-34-40-58(41-35-52)73(61-46-47-69-66(48-61)63-31-18-19-33-68(63)74(69)57-28-14-5-15-29-57)59-44-38-54(39-45-59)65-49-67-70(55-24-10-3-11-25-55)71(56-26-12-4-13-27-56)75(72(67)64-32-17-16-30-62(64)65)60-42-36-53(37-43-60)51-22-8-2-9-23-51/h1-49,63,68H. The van der Waals surface area contributed by atoms with E-state index in [4.69, 9.17) is 0 Å². The van der Waals surface area contributed by atoms with Gasteiger partial charge in [0.15, 0.2) is 0 Å². The average molecular weight is 958 g/mol. The molecule has 0 amide bonds. The van der Waals surface area contributed by atoms with Crippen molar-refractivity contribution in [1.82, 2.24) is 4.57 Å². The molecule has 12 aromatic rings. The molecule has 0 spiro atoms. The molecule has 0 saturated heterocycles. The highest BCUT2D eigenvalue weighted by atomic mass is 15.2. The number of nitrogens with zero attached hydrogens (tertiary/aromatic N) is 3. The van der Waals surface area contributed by atoms with Crippen LogP contribution in [0.25, 0.3) is 83.1 Å². The molecule has 11 aromatic carbocycles. The summed E-state index contributed by atoms with van der Waals surface area (Å²) in [6.45, 7) is 0. The summed E-state index contributed by atoms with van der Waals surface area (Å²) in [6.07, 6.45) is 9.11. The summed E-state index contributed by atoms with van der Waals surface area (Å²) in [5.41, 5.74) is 21.3. The number of fused-ring (bicyclic) bond motifs is 6. The van der Waals surface area contributed by atoms with Crippen LogP contribution in [0.4, 0.5) is 28.4 Å². The first-order valence-electron chi connectivity index (χ1n) is 26.0. The van der Waals surface area contributed by atoms with Crippen LogP contribution < -0.4 is 9.80 Å². The number of rotatable bonds is 10. The van der Waals surface area contributed by atoms with Gasteiger partial charge in [0, 0.05) is 56.4 Å². The third-order valence-electron chi connectivity index (χ3n) is 15.3. The van der Waals surface area contributed by atoms with Gasteiger partial charge >= 0.3 is 0 Å². The Balaban J connectivity index is 0.939. The summed E-state index contributed by atoms with van der Waals surface area (Å²) < 4.78 is 2.51. The van der Waals surface area contributed by atoms with Crippen molar-refractivity contribution in [1.29, 1.82) is 0 Å². The van der Waals surface area contributed by atoms with Crippen LogP contribution in [0, 0.1) is 0 Å². The molecule has 1 aromatic heterocycles. The van der Waals surface area contributed by atoms with Crippen LogP contribution in [-0.2, 0) is 0 Å². The van der Waals surface area contributed by atoms with Crippen LogP contribution in [0.3, 0.4) is 0 Å². The highest BCUT2D eigenvalue weighted by Crippen LogP contribution is 2.51. The van der Waals surface area contributed by atoms with Crippen LogP contribution in [0.1, 0.15) is 11.5 Å². The van der Waals surface area contributed by atoms with Crippen LogP contribution in [0.2, 0.25) is 0 Å². The first-order valence-corrected chi connectivity index (χ1v) is 26.0. The van der Waals surface area contributed by atoms with E-state index in [-0.39, 0.29) is 12.0 Å². The molecule has 1 aliphatic heterocycles. The number of para-hydroxylation sites is 1. The molecule has 2 heterocycles. The second kappa shape index (κ2) is 18.7. The first-order chi connectivity index (χ1) is 37.2. The lowest BCUT2D eigenvalue weighted by Gasteiger charge is -2.28. The van der Waals surface area contributed by atoms with Gasteiger partial charge in [0.1, 0.15) is 0 Å². The third kappa shape index (κ3) is 7.76. The van der Waals surface area contributed by atoms with Crippen LogP contribution in [0.5, 0.6) is 0 Å². The minimum Gasteiger partial charge on any atom is -0.333 e. The molecule has 0 radical (unpaired) electrons. The molecule has 14 rings (SSSR count). The topological polar surface area (TPSA) is 11.4 Å². The maximum atomic E-state index is 2.51. The Morgan fingerprint density at radius 1 is 0.333 bits per heavy atom. The molecule has 0 saturated carbocycles. The maximum absolute atomic E-state index is 2.51. The van der Waals surface area contributed by atoms with Crippen molar-refractivity contribution in [3.05, 3.63) is 303 Å². The number of hydrogen-bond donors (Lipinski definition) is 0. The van der Waals surface area contributed by atoms with Gasteiger partial charge in [0.25, 0.3) is 0 Å². The van der Waals surface area contributed by atoms with Gasteiger partial charge in [-0.05, 0) is 128 Å². The fraction of sp³-hybridized carbons (Fsp3) is 0.0278. The van der Waals surface area contributed by atoms with Gasteiger partial charge in [-0.2, -0.15) is 0 Å². The molecule has 2 unspecified atom stereocenters. The van der Waals surface area contributed by atoms with E-state index in [1.165, 1.54) is 83.3 Å². The normalized spacial score (nSPS) is 14.5. The first kappa shape index (κ1) is 44.0. The van der Waals surface area contributed by atoms with Crippen molar-refractivity contribution in [3.8, 4) is 61.5 Å². The van der Waals surface area contributed by atoms with E-state index in [2.05, 4.69) is 312 Å². The summed E-state index contributed by atoms with van der Waals surface area (Å²) in [5, 5.41) is 3.61. The van der Waals surface area contributed by atoms with Crippen molar-refractivity contribution >= 4 is 50.1 Å². The third-order valence-corrected chi connectivity index (χ3v) is 15.3. The highest BCUT2D eigenvalue weighted by Gasteiger charge is 2.38. The molecule has 75 heavy (non-hydrogen) atoms. The molecule has 2 atom stereocenters. The zero-order valence-electron chi connectivity index (χ0n) is 41.3. The minimum absolute atomic E-state index is 0.205. The molecule has 1 aliphatic carbocycles. The van der Waals surface area contributed by atoms with Crippen molar-refractivity contribution in [2.75, 3.05) is 9.80 Å². The molecule has 0 bridgehead atoms. The lowest BCUT2D eigenvalue weighted by Crippen LogP contribution is -2.28. The number of anilines is 5. The lowest BCUT2D eigenvalue weighted by molar-refractivity contribution is 0.745. The van der Waals surface area contributed by atoms with E-state index >= 15 is 0 Å². The summed E-state index contributed by atoms with van der Waals surface area (Å²) in [7, 11) is 0. The van der Waals surface area contributed by atoms with Crippen LogP contribution in [0.15, 0.2) is 297 Å². The summed E-state index contributed by atoms with van der Waals surface area (Å²) in [4.78, 5) is 4.92. The highest BCUT2D eigenvalue weighted by molar-refractivity contribution is 6.20. The van der Waals surface area contributed by atoms with E-state index in [0.29, 0.717) is 0 Å². The van der Waals surface area contributed by atoms with E-state index in [1.54, 1.807) is 0 Å². The van der Waals surface area contributed by atoms with Crippen molar-refractivity contribution in [2.24, 2.45) is 0 Å². The van der Waals surface area contributed by atoms with E-state index in [0.717, 1.165) is 33.9 Å². The lowest BCUT2D eigenvalue weighted by atomic mass is 9.91. The van der Waals surface area contributed by atoms with E-state index < -0.39 is 0 Å². The Bertz CT molecular complexity index is 4070. The Morgan fingerprint density at radius 2 is 0.813 bits per heavy atom. The number of hydrogen-bond acceptors (Lipinski definition) is 2. The molecule has 3 heteroatoms. The number of allylic oxidation sites excluding steroid dienone is 2. The monoisotopic (exact) mass is 957 g/mol. The minimum atomic E-state index is 0.205. The maximum Gasteiger partial charge on any atom is 0.0629 e. The van der Waals surface area contributed by atoms with Crippen molar-refractivity contribution in [3.63, 3.8) is 0 Å². The van der Waals surface area contributed by atoms with Gasteiger partial charge in [0.05, 0.1) is 17.3 Å². The Morgan fingerprint density at radius 3 is 1.43 bits per heavy atom. The molecule has 2 aliphatic rings. The van der Waals surface area contributed by atoms with Gasteiger partial charge in [-0.25, -0.2) is 0 Å². The van der Waals surface area contributed by atoms with Gasteiger partial charge in [-0.3, -0.25) is 0 Å². The largest absolute Gasteiger partial charge is 0.333 e. The zero-order chi connectivity index (χ0) is 49.7. The SMILES string of the molecule is C1=CC2c3cc(N(c4ccc(-c5ccccc5)cc4)c4ccc(-c5cc6c(-c7ccccc7)c(-c7ccccc7)n(-c7ccc(-c8ccccc8)cc7)c6c6ccccc56)cc4)ccc3N(c3ccccc3)C2C=C1. The van der Waals surface area contributed by atoms with Gasteiger partial charge < -0.3 is 14.4 Å². The molecule has 3 nitrogen and oxygen atoms in total. The Hall–Kier alpha value is -9.70. The molecular formula is C72H51N3. The molecule has 0 N–H and O–H groups in total. The van der Waals surface area contributed by atoms with Crippen LogP contribution in [-0.4, -0.2) is 10.6 Å². The second-order valence-electron chi connectivity index (χ2n) is 19.6. The van der Waals surface area contributed by atoms with Crippen molar-refractivity contribution in [2.45, 2.75) is 12.0 Å². The van der Waals surface area contributed by atoms with Gasteiger partial charge in [-0.15, -0.1) is 0 Å². The predicted molar refractivity (Wildman–Crippen MR) is 316 cm³/mol. The fourth-order valence-corrected chi connectivity index (χ4v) is 11.9. The summed E-state index contributed by atoms with van der Waals surface area (Å²) >= 11 is 0. The molecule has 354 valence electrons. The number of benzene rings is 11. The second-order valence-corrected chi connectivity index (χ2v) is 19.6. The average Bonchev–Trinajstić information content (AvgIpc) is 4.02. The summed E-state index contributed by atoms with van der Waals surface area (Å²) in [6, 6.07) is 100. The van der Waals surface area contributed by atoms with E-state index in [1.807, 2.05) is 0 Å². The summed E-state index contributed by atoms with van der Waals surface area (Å²) in [5.74, 6) is 0.227. The van der Waals surface area contributed by atoms with Crippen LogP contribution >= 0.6 is 0 Å². The molecular weight excluding hydrogens is 907 g/mol. The van der Waals surface area contributed by atoms with Crippen molar-refractivity contribution < 1.29 is 0 Å². The zero-order valence-corrected chi connectivity index (χ0v) is 41.3. The number of aromatic nitrogens is 1. The van der Waals surface area contributed by atoms with Gasteiger partial charge in [-0.1, -0.05) is 224 Å². The smallest absolute Gasteiger partial charge is 0.0629 e. The fourth-order valence-electron chi connectivity index (χ4n) is 11.9.